The van der Waals surface area contributed by atoms with Crippen LogP contribution in [-0.4, -0.2) is 15.5 Å². The molecule has 0 bridgehead atoms. The number of nitrogen functional groups attached to an aromatic ring is 1. The first-order valence-corrected chi connectivity index (χ1v) is 6.11. The van der Waals surface area contributed by atoms with Gasteiger partial charge in [-0.25, -0.2) is 4.79 Å². The van der Waals surface area contributed by atoms with Gasteiger partial charge in [0.15, 0.2) is 0 Å². The van der Waals surface area contributed by atoms with Crippen LogP contribution in [-0.2, 0) is 11.3 Å². The number of rotatable bonds is 4. The number of pyridine rings is 1. The highest BCUT2D eigenvalue weighted by molar-refractivity contribution is 5.89. The zero-order valence-corrected chi connectivity index (χ0v) is 11.0. The lowest BCUT2D eigenvalue weighted by atomic mass is 10.3. The van der Waals surface area contributed by atoms with E-state index in [4.69, 9.17) is 10.5 Å². The van der Waals surface area contributed by atoms with Crippen molar-refractivity contribution in [2.75, 3.05) is 5.73 Å². The van der Waals surface area contributed by atoms with E-state index in [-0.39, 0.29) is 18.6 Å². The second-order valence-corrected chi connectivity index (χ2v) is 4.59. The molecule has 2 heterocycles. The van der Waals surface area contributed by atoms with E-state index >= 15 is 0 Å². The first kappa shape index (κ1) is 13.1. The number of nitrogens with two attached hydrogens (primary N) is 1. The zero-order chi connectivity index (χ0) is 13.8. The van der Waals surface area contributed by atoms with E-state index < -0.39 is 0 Å². The van der Waals surface area contributed by atoms with E-state index in [1.165, 1.54) is 0 Å². The molecule has 2 aromatic heterocycles. The van der Waals surface area contributed by atoms with Crippen LogP contribution in [0.15, 0.2) is 36.8 Å². The Hall–Kier alpha value is -2.30. The van der Waals surface area contributed by atoms with Gasteiger partial charge in [-0.3, -0.25) is 4.98 Å². The van der Waals surface area contributed by atoms with Crippen LogP contribution in [0.5, 0.6) is 0 Å². The molecule has 2 aromatic rings. The summed E-state index contributed by atoms with van der Waals surface area (Å²) in [7, 11) is 0. The van der Waals surface area contributed by atoms with Gasteiger partial charge in [0.25, 0.3) is 0 Å². The molecule has 0 spiro atoms. The van der Waals surface area contributed by atoms with Gasteiger partial charge < -0.3 is 15.0 Å². The molecule has 5 nitrogen and oxygen atoms in total. The van der Waals surface area contributed by atoms with Crippen molar-refractivity contribution in [1.29, 1.82) is 0 Å². The molecular weight excluding hydrogens is 242 g/mol. The number of aromatic nitrogens is 2. The molecule has 0 atom stereocenters. The van der Waals surface area contributed by atoms with E-state index in [1.807, 2.05) is 30.5 Å². The highest BCUT2D eigenvalue weighted by Crippen LogP contribution is 2.17. The summed E-state index contributed by atoms with van der Waals surface area (Å²) in [5, 5.41) is 0. The van der Waals surface area contributed by atoms with Gasteiger partial charge in [-0.05, 0) is 37.6 Å². The van der Waals surface area contributed by atoms with Gasteiger partial charge in [-0.2, -0.15) is 0 Å². The minimum Gasteiger partial charge on any atom is -0.456 e. The molecule has 0 fully saturated rings. The van der Waals surface area contributed by atoms with Crippen LogP contribution in [0.25, 0.3) is 0 Å². The van der Waals surface area contributed by atoms with Crippen molar-refractivity contribution in [2.24, 2.45) is 0 Å². The molecule has 0 unspecified atom stereocenters. The van der Waals surface area contributed by atoms with E-state index in [9.17, 15) is 4.79 Å². The minimum atomic E-state index is -0.373. The number of hydrogen-bond donors (Lipinski definition) is 1. The Morgan fingerprint density at radius 3 is 2.74 bits per heavy atom. The Bertz CT molecular complexity index is 561. The summed E-state index contributed by atoms with van der Waals surface area (Å²) in [6.45, 7) is 4.20. The lowest BCUT2D eigenvalue weighted by molar-refractivity contribution is 0.0458. The largest absolute Gasteiger partial charge is 0.456 e. The highest BCUT2D eigenvalue weighted by atomic mass is 16.5. The standard InChI is InChI=1S/C14H17N3O2/c1-10(2)17-8-12(15)7-13(17)14(18)19-9-11-3-5-16-6-4-11/h3-8,10H,9,15H2,1-2H3. The summed E-state index contributed by atoms with van der Waals surface area (Å²) in [4.78, 5) is 16.0. The molecule has 2 N–H and O–H groups in total. The number of carbonyl (C=O) groups excluding carboxylic acids is 1. The number of carbonyl (C=O) groups is 1. The number of nitrogens with zero attached hydrogens (tertiary/aromatic N) is 2. The molecular formula is C14H17N3O2. The fraction of sp³-hybridized carbons (Fsp3) is 0.286. The smallest absolute Gasteiger partial charge is 0.355 e. The van der Waals surface area contributed by atoms with Crippen LogP contribution < -0.4 is 5.73 Å². The maximum absolute atomic E-state index is 12.0. The van der Waals surface area contributed by atoms with Crippen LogP contribution in [0, 0.1) is 0 Å². The molecule has 0 radical (unpaired) electrons. The Morgan fingerprint density at radius 1 is 1.42 bits per heavy atom. The summed E-state index contributed by atoms with van der Waals surface area (Å²) in [5.41, 5.74) is 7.66. The topological polar surface area (TPSA) is 70.1 Å². The summed E-state index contributed by atoms with van der Waals surface area (Å²) in [6, 6.07) is 5.40. The third kappa shape index (κ3) is 3.13. The summed E-state index contributed by atoms with van der Waals surface area (Å²) in [6.07, 6.45) is 5.07. The van der Waals surface area contributed by atoms with Gasteiger partial charge in [0.05, 0.1) is 5.69 Å². The molecule has 0 aliphatic rings. The molecule has 2 rings (SSSR count). The van der Waals surface area contributed by atoms with Crippen LogP contribution in [0.4, 0.5) is 5.69 Å². The van der Waals surface area contributed by atoms with E-state index in [2.05, 4.69) is 4.98 Å². The molecule has 100 valence electrons. The maximum Gasteiger partial charge on any atom is 0.355 e. The second-order valence-electron chi connectivity index (χ2n) is 4.59. The second kappa shape index (κ2) is 5.56. The van der Waals surface area contributed by atoms with Crippen LogP contribution >= 0.6 is 0 Å². The number of hydrogen-bond acceptors (Lipinski definition) is 4. The van der Waals surface area contributed by atoms with Gasteiger partial charge in [-0.15, -0.1) is 0 Å². The Morgan fingerprint density at radius 2 is 2.11 bits per heavy atom. The molecule has 0 aromatic carbocycles. The molecule has 0 amide bonds. The van der Waals surface area contributed by atoms with Gasteiger partial charge in [0, 0.05) is 24.6 Å². The molecule has 0 saturated carbocycles. The fourth-order valence-corrected chi connectivity index (χ4v) is 1.79. The first-order valence-electron chi connectivity index (χ1n) is 6.11. The van der Waals surface area contributed by atoms with Crippen molar-refractivity contribution in [1.82, 2.24) is 9.55 Å². The van der Waals surface area contributed by atoms with E-state index in [1.54, 1.807) is 24.7 Å². The lowest BCUT2D eigenvalue weighted by Gasteiger charge is -2.12. The Labute approximate surface area is 112 Å². The van der Waals surface area contributed by atoms with Gasteiger partial charge >= 0.3 is 5.97 Å². The van der Waals surface area contributed by atoms with Gasteiger partial charge in [0.1, 0.15) is 12.3 Å². The number of esters is 1. The minimum absolute atomic E-state index is 0.153. The molecule has 0 aliphatic carbocycles. The van der Waals surface area contributed by atoms with Crippen molar-refractivity contribution in [3.63, 3.8) is 0 Å². The Balaban J connectivity index is 2.08. The van der Waals surface area contributed by atoms with Crippen molar-refractivity contribution in [2.45, 2.75) is 26.5 Å². The fourth-order valence-electron chi connectivity index (χ4n) is 1.79. The predicted molar refractivity (Wildman–Crippen MR) is 72.6 cm³/mol. The zero-order valence-electron chi connectivity index (χ0n) is 11.0. The third-order valence-corrected chi connectivity index (χ3v) is 2.75. The quantitative estimate of drug-likeness (QED) is 0.856. The summed E-state index contributed by atoms with van der Waals surface area (Å²) < 4.78 is 7.08. The molecule has 0 saturated heterocycles. The molecule has 19 heavy (non-hydrogen) atoms. The van der Waals surface area contributed by atoms with Crippen molar-refractivity contribution in [3.8, 4) is 0 Å². The van der Waals surface area contributed by atoms with E-state index in [0.717, 1.165) is 5.56 Å². The SMILES string of the molecule is CC(C)n1cc(N)cc1C(=O)OCc1ccncc1. The summed E-state index contributed by atoms with van der Waals surface area (Å²) in [5.74, 6) is -0.373. The number of anilines is 1. The van der Waals surface area contributed by atoms with Crippen molar-refractivity contribution >= 4 is 11.7 Å². The molecule has 0 aliphatic heterocycles. The van der Waals surface area contributed by atoms with Gasteiger partial charge in [-0.1, -0.05) is 0 Å². The monoisotopic (exact) mass is 259 g/mol. The lowest BCUT2D eigenvalue weighted by Crippen LogP contribution is -2.13. The number of ether oxygens (including phenoxy) is 1. The predicted octanol–water partition coefficient (Wildman–Crippen LogP) is 2.40. The van der Waals surface area contributed by atoms with Crippen LogP contribution in [0.1, 0.15) is 35.9 Å². The summed E-state index contributed by atoms with van der Waals surface area (Å²) >= 11 is 0. The van der Waals surface area contributed by atoms with Crippen molar-refractivity contribution < 1.29 is 9.53 Å². The van der Waals surface area contributed by atoms with E-state index in [0.29, 0.717) is 11.4 Å². The Kier molecular flexibility index (Phi) is 3.85. The normalized spacial score (nSPS) is 10.7. The highest BCUT2D eigenvalue weighted by Gasteiger charge is 2.16. The average molecular weight is 259 g/mol. The van der Waals surface area contributed by atoms with Crippen LogP contribution in [0.3, 0.4) is 0 Å². The van der Waals surface area contributed by atoms with Gasteiger partial charge in [0.2, 0.25) is 0 Å². The van der Waals surface area contributed by atoms with Crippen LogP contribution in [0.2, 0.25) is 0 Å². The average Bonchev–Trinajstić information content (AvgIpc) is 2.79. The van der Waals surface area contributed by atoms with Crippen molar-refractivity contribution in [3.05, 3.63) is 48.0 Å². The maximum atomic E-state index is 12.0. The third-order valence-electron chi connectivity index (χ3n) is 2.75. The first-order chi connectivity index (χ1) is 9.08. The molecule has 5 heteroatoms.